The summed E-state index contributed by atoms with van der Waals surface area (Å²) in [6, 6.07) is 4.01. The predicted molar refractivity (Wildman–Crippen MR) is 75.3 cm³/mol. The quantitative estimate of drug-likeness (QED) is 0.487. The number of hydrogen-bond acceptors (Lipinski definition) is 5. The number of carbonyl (C=O) groups is 1. The van der Waals surface area contributed by atoms with Crippen LogP contribution in [-0.4, -0.2) is 28.4 Å². The Bertz CT molecular complexity index is 529. The lowest BCUT2D eigenvalue weighted by Crippen LogP contribution is -2.32. The van der Waals surface area contributed by atoms with Crippen LogP contribution < -0.4 is 11.1 Å². The maximum atomic E-state index is 12.0. The number of rotatable bonds is 5. The molecule has 1 aliphatic rings. The highest BCUT2D eigenvalue weighted by Gasteiger charge is 2.42. The first-order chi connectivity index (χ1) is 8.97. The molecule has 0 saturated heterocycles. The van der Waals surface area contributed by atoms with Crippen molar-refractivity contribution in [1.29, 1.82) is 0 Å². The van der Waals surface area contributed by atoms with E-state index in [9.17, 15) is 14.9 Å². The highest BCUT2D eigenvalue weighted by Crippen LogP contribution is 2.46. The minimum Gasteiger partial charge on any atom is -0.399 e. The Morgan fingerprint density at radius 1 is 1.58 bits per heavy atom. The molecule has 1 aliphatic carbocycles. The summed E-state index contributed by atoms with van der Waals surface area (Å²) >= 11 is 1.72. The summed E-state index contributed by atoms with van der Waals surface area (Å²) in [6.07, 6.45) is 4.13. The first-order valence-corrected chi connectivity index (χ1v) is 7.07. The average molecular weight is 281 g/mol. The SMILES string of the molecule is CSC1(CNC(=O)c2cc(N)ccc2[N+](=O)[O-])CC1. The molecular formula is C12H15N3O3S. The minimum absolute atomic E-state index is 0.0157. The second-order valence-corrected chi connectivity index (χ2v) is 5.88. The second-order valence-electron chi connectivity index (χ2n) is 4.60. The van der Waals surface area contributed by atoms with E-state index in [1.165, 1.54) is 18.2 Å². The molecule has 0 unspecified atom stereocenters. The van der Waals surface area contributed by atoms with Crippen LogP contribution >= 0.6 is 11.8 Å². The van der Waals surface area contributed by atoms with Gasteiger partial charge in [0.05, 0.1) is 4.92 Å². The summed E-state index contributed by atoms with van der Waals surface area (Å²) in [7, 11) is 0. The zero-order valence-electron chi connectivity index (χ0n) is 10.5. The van der Waals surface area contributed by atoms with Gasteiger partial charge in [-0.2, -0.15) is 11.8 Å². The van der Waals surface area contributed by atoms with Crippen LogP contribution in [0, 0.1) is 10.1 Å². The first kappa shape index (κ1) is 13.7. The van der Waals surface area contributed by atoms with Gasteiger partial charge in [-0.1, -0.05) is 0 Å². The number of anilines is 1. The fourth-order valence-corrected chi connectivity index (χ4v) is 2.55. The van der Waals surface area contributed by atoms with Gasteiger partial charge in [-0.15, -0.1) is 0 Å². The van der Waals surface area contributed by atoms with Gasteiger partial charge in [0.15, 0.2) is 0 Å². The molecular weight excluding hydrogens is 266 g/mol. The molecule has 0 aromatic heterocycles. The first-order valence-electron chi connectivity index (χ1n) is 5.85. The third kappa shape index (κ3) is 2.98. The van der Waals surface area contributed by atoms with E-state index in [0.717, 1.165) is 12.8 Å². The Kier molecular flexibility index (Phi) is 3.66. The number of nitro groups is 1. The molecule has 19 heavy (non-hydrogen) atoms. The van der Waals surface area contributed by atoms with Gasteiger partial charge in [0.1, 0.15) is 5.56 Å². The molecule has 6 nitrogen and oxygen atoms in total. The number of nitrogen functional groups attached to an aromatic ring is 1. The molecule has 1 aromatic rings. The summed E-state index contributed by atoms with van der Waals surface area (Å²) in [5, 5.41) is 13.6. The van der Waals surface area contributed by atoms with Crippen LogP contribution in [0.2, 0.25) is 0 Å². The zero-order valence-corrected chi connectivity index (χ0v) is 11.3. The number of thioether (sulfide) groups is 1. The van der Waals surface area contributed by atoms with Crippen molar-refractivity contribution >= 4 is 29.0 Å². The Labute approximate surface area is 114 Å². The Hall–Kier alpha value is -1.76. The lowest BCUT2D eigenvalue weighted by Gasteiger charge is -2.13. The van der Waals surface area contributed by atoms with E-state index in [1.807, 2.05) is 6.26 Å². The number of benzene rings is 1. The molecule has 0 aliphatic heterocycles. The van der Waals surface area contributed by atoms with Crippen molar-refractivity contribution in [2.24, 2.45) is 0 Å². The monoisotopic (exact) mass is 281 g/mol. The number of amides is 1. The van der Waals surface area contributed by atoms with E-state index in [4.69, 9.17) is 5.73 Å². The smallest absolute Gasteiger partial charge is 0.282 e. The molecule has 1 saturated carbocycles. The third-order valence-electron chi connectivity index (χ3n) is 3.27. The van der Waals surface area contributed by atoms with Crippen molar-refractivity contribution in [3.05, 3.63) is 33.9 Å². The van der Waals surface area contributed by atoms with E-state index in [1.54, 1.807) is 11.8 Å². The number of nitrogens with two attached hydrogens (primary N) is 1. The van der Waals surface area contributed by atoms with E-state index < -0.39 is 10.8 Å². The van der Waals surface area contributed by atoms with Crippen molar-refractivity contribution in [3.8, 4) is 0 Å². The van der Waals surface area contributed by atoms with Crippen LogP contribution in [0.15, 0.2) is 18.2 Å². The molecule has 0 spiro atoms. The van der Waals surface area contributed by atoms with Crippen molar-refractivity contribution in [3.63, 3.8) is 0 Å². The number of carbonyl (C=O) groups excluding carboxylic acids is 1. The summed E-state index contributed by atoms with van der Waals surface area (Å²) in [5.74, 6) is -0.445. The van der Waals surface area contributed by atoms with Gasteiger partial charge in [0, 0.05) is 23.0 Å². The summed E-state index contributed by atoms with van der Waals surface area (Å²) < 4.78 is 0.116. The Morgan fingerprint density at radius 2 is 2.26 bits per heavy atom. The molecule has 1 fully saturated rings. The van der Waals surface area contributed by atoms with Crippen molar-refractivity contribution in [2.45, 2.75) is 17.6 Å². The van der Waals surface area contributed by atoms with Crippen LogP contribution in [0.25, 0.3) is 0 Å². The van der Waals surface area contributed by atoms with Gasteiger partial charge < -0.3 is 11.1 Å². The lowest BCUT2D eigenvalue weighted by molar-refractivity contribution is -0.385. The largest absolute Gasteiger partial charge is 0.399 e. The predicted octanol–water partition coefficient (Wildman–Crippen LogP) is 1.80. The molecule has 7 heteroatoms. The molecule has 1 aromatic carbocycles. The van der Waals surface area contributed by atoms with E-state index in [0.29, 0.717) is 12.2 Å². The van der Waals surface area contributed by atoms with Gasteiger partial charge in [-0.25, -0.2) is 0 Å². The summed E-state index contributed by atoms with van der Waals surface area (Å²) in [5.41, 5.74) is 5.71. The van der Waals surface area contributed by atoms with Crippen LogP contribution in [-0.2, 0) is 0 Å². The molecule has 102 valence electrons. The van der Waals surface area contributed by atoms with Gasteiger partial charge >= 0.3 is 0 Å². The van der Waals surface area contributed by atoms with Crippen LogP contribution in [0.4, 0.5) is 11.4 Å². The van der Waals surface area contributed by atoms with Gasteiger partial charge in [0.25, 0.3) is 11.6 Å². The molecule has 1 amide bonds. The highest BCUT2D eigenvalue weighted by atomic mass is 32.2. The van der Waals surface area contributed by atoms with Crippen LogP contribution in [0.3, 0.4) is 0 Å². The van der Waals surface area contributed by atoms with Crippen LogP contribution in [0.5, 0.6) is 0 Å². The number of nitro benzene ring substituents is 1. The van der Waals surface area contributed by atoms with Gasteiger partial charge in [0.2, 0.25) is 0 Å². The Morgan fingerprint density at radius 3 is 2.79 bits per heavy atom. The lowest BCUT2D eigenvalue weighted by atomic mass is 10.1. The van der Waals surface area contributed by atoms with E-state index >= 15 is 0 Å². The van der Waals surface area contributed by atoms with E-state index in [-0.39, 0.29) is 16.0 Å². The standard InChI is InChI=1S/C12H15N3O3S/c1-19-12(4-5-12)7-14-11(16)9-6-8(13)2-3-10(9)15(17)18/h2-3,6H,4-5,7,13H2,1H3,(H,14,16). The van der Waals surface area contributed by atoms with Crippen LogP contribution in [0.1, 0.15) is 23.2 Å². The van der Waals surface area contributed by atoms with E-state index in [2.05, 4.69) is 5.32 Å². The molecule has 0 bridgehead atoms. The highest BCUT2D eigenvalue weighted by molar-refractivity contribution is 8.00. The molecule has 0 radical (unpaired) electrons. The minimum atomic E-state index is -0.574. The fraction of sp³-hybridized carbons (Fsp3) is 0.417. The van der Waals surface area contributed by atoms with Crippen molar-refractivity contribution in [1.82, 2.24) is 5.32 Å². The van der Waals surface area contributed by atoms with Gasteiger partial charge in [-0.3, -0.25) is 14.9 Å². The molecule has 2 rings (SSSR count). The third-order valence-corrected chi connectivity index (χ3v) is 4.69. The topological polar surface area (TPSA) is 98.3 Å². The average Bonchev–Trinajstić information content (AvgIpc) is 3.16. The van der Waals surface area contributed by atoms with Crippen molar-refractivity contribution < 1.29 is 9.72 Å². The Balaban J connectivity index is 2.14. The number of nitrogens with one attached hydrogen (secondary N) is 1. The fourth-order valence-electron chi connectivity index (χ4n) is 1.82. The van der Waals surface area contributed by atoms with Gasteiger partial charge in [-0.05, 0) is 31.2 Å². The summed E-state index contributed by atoms with van der Waals surface area (Å²) in [6.45, 7) is 0.527. The molecule has 0 atom stereocenters. The number of nitrogens with zero attached hydrogens (tertiary/aromatic N) is 1. The van der Waals surface area contributed by atoms with Crippen molar-refractivity contribution in [2.75, 3.05) is 18.5 Å². The maximum absolute atomic E-state index is 12.0. The summed E-state index contributed by atoms with van der Waals surface area (Å²) in [4.78, 5) is 22.3. The normalized spacial score (nSPS) is 15.8. The molecule has 3 N–H and O–H groups in total. The maximum Gasteiger partial charge on any atom is 0.282 e. The zero-order chi connectivity index (χ0) is 14.0. The number of hydrogen-bond donors (Lipinski definition) is 2. The molecule has 0 heterocycles. The second kappa shape index (κ2) is 5.08.